The average molecular weight is 399 g/mol. The molecule has 0 bridgehead atoms. The SMILES string of the molecule is COc1ccc(N2C[C@H](CNC(=O)Nc3ccc(OC)c(OC)c3)CC2=O)cc1. The van der Waals surface area contributed by atoms with Gasteiger partial charge in [-0.3, -0.25) is 4.79 Å². The zero-order valence-electron chi connectivity index (χ0n) is 16.7. The molecular weight excluding hydrogens is 374 g/mol. The van der Waals surface area contributed by atoms with Crippen LogP contribution in [0, 0.1) is 5.92 Å². The van der Waals surface area contributed by atoms with Gasteiger partial charge in [0.25, 0.3) is 0 Å². The van der Waals surface area contributed by atoms with E-state index in [2.05, 4.69) is 10.6 Å². The van der Waals surface area contributed by atoms with Crippen molar-refractivity contribution in [3.8, 4) is 17.2 Å². The minimum absolute atomic E-state index is 0.0424. The summed E-state index contributed by atoms with van der Waals surface area (Å²) in [5.74, 6) is 1.94. The van der Waals surface area contributed by atoms with Gasteiger partial charge in [-0.2, -0.15) is 0 Å². The first kappa shape index (κ1) is 20.3. The van der Waals surface area contributed by atoms with E-state index in [1.165, 1.54) is 7.11 Å². The largest absolute Gasteiger partial charge is 0.497 e. The van der Waals surface area contributed by atoms with Gasteiger partial charge in [-0.1, -0.05) is 0 Å². The Kier molecular flexibility index (Phi) is 6.43. The maximum Gasteiger partial charge on any atom is 0.319 e. The molecule has 3 rings (SSSR count). The quantitative estimate of drug-likeness (QED) is 0.747. The molecule has 154 valence electrons. The van der Waals surface area contributed by atoms with Gasteiger partial charge in [0.05, 0.1) is 21.3 Å². The summed E-state index contributed by atoms with van der Waals surface area (Å²) in [7, 11) is 4.69. The Labute approximate surface area is 169 Å². The van der Waals surface area contributed by atoms with Gasteiger partial charge in [-0.05, 0) is 36.4 Å². The highest BCUT2D eigenvalue weighted by Crippen LogP contribution is 2.30. The van der Waals surface area contributed by atoms with Gasteiger partial charge < -0.3 is 29.7 Å². The number of benzene rings is 2. The van der Waals surface area contributed by atoms with Gasteiger partial charge in [0.15, 0.2) is 11.5 Å². The Morgan fingerprint density at radius 3 is 2.41 bits per heavy atom. The molecule has 0 saturated carbocycles. The van der Waals surface area contributed by atoms with Gasteiger partial charge in [0.1, 0.15) is 5.75 Å². The number of urea groups is 1. The molecule has 1 heterocycles. The zero-order valence-corrected chi connectivity index (χ0v) is 16.7. The maximum atomic E-state index is 12.3. The standard InChI is InChI=1S/C21H25N3O5/c1-27-17-7-5-16(6-8-17)24-13-14(10-20(24)25)12-22-21(26)23-15-4-9-18(28-2)19(11-15)29-3/h4-9,11,14H,10,12-13H2,1-3H3,(H2,22,23,26)/t14-/m0/s1. The topological polar surface area (TPSA) is 89.1 Å². The molecule has 0 radical (unpaired) electrons. The number of hydrogen-bond donors (Lipinski definition) is 2. The van der Waals surface area contributed by atoms with Crippen LogP contribution in [0.4, 0.5) is 16.2 Å². The van der Waals surface area contributed by atoms with E-state index in [1.807, 2.05) is 24.3 Å². The van der Waals surface area contributed by atoms with Gasteiger partial charge in [-0.25, -0.2) is 4.79 Å². The van der Waals surface area contributed by atoms with Crippen molar-refractivity contribution in [1.29, 1.82) is 0 Å². The Bertz CT molecular complexity index is 869. The van der Waals surface area contributed by atoms with Crippen molar-refractivity contribution >= 4 is 23.3 Å². The first-order chi connectivity index (χ1) is 14.0. The first-order valence-electron chi connectivity index (χ1n) is 9.25. The molecule has 1 fully saturated rings. The lowest BCUT2D eigenvalue weighted by atomic mass is 10.1. The molecule has 0 aromatic heterocycles. The lowest BCUT2D eigenvalue weighted by Crippen LogP contribution is -2.34. The molecule has 1 atom stereocenters. The minimum atomic E-state index is -0.340. The van der Waals surface area contributed by atoms with Gasteiger partial charge in [0.2, 0.25) is 5.91 Å². The highest BCUT2D eigenvalue weighted by molar-refractivity contribution is 5.96. The predicted molar refractivity (Wildman–Crippen MR) is 110 cm³/mol. The summed E-state index contributed by atoms with van der Waals surface area (Å²) in [6, 6.07) is 12.2. The number of amides is 3. The summed E-state index contributed by atoms with van der Waals surface area (Å²) >= 11 is 0. The van der Waals surface area contributed by atoms with E-state index >= 15 is 0 Å². The molecular formula is C21H25N3O5. The maximum absolute atomic E-state index is 12.3. The van der Waals surface area contributed by atoms with E-state index in [9.17, 15) is 9.59 Å². The molecule has 0 unspecified atom stereocenters. The average Bonchev–Trinajstić information content (AvgIpc) is 3.12. The van der Waals surface area contributed by atoms with Crippen LogP contribution in [0.15, 0.2) is 42.5 Å². The molecule has 2 aromatic carbocycles. The van der Waals surface area contributed by atoms with Crippen molar-refractivity contribution in [2.45, 2.75) is 6.42 Å². The highest BCUT2D eigenvalue weighted by atomic mass is 16.5. The fraction of sp³-hybridized carbons (Fsp3) is 0.333. The normalized spacial score (nSPS) is 15.8. The van der Waals surface area contributed by atoms with Crippen LogP contribution < -0.4 is 29.7 Å². The summed E-state index contributed by atoms with van der Waals surface area (Å²) in [6.07, 6.45) is 0.392. The van der Waals surface area contributed by atoms with E-state index in [4.69, 9.17) is 14.2 Å². The molecule has 8 nitrogen and oxygen atoms in total. The Morgan fingerprint density at radius 1 is 1.03 bits per heavy atom. The molecule has 0 spiro atoms. The smallest absolute Gasteiger partial charge is 0.319 e. The monoisotopic (exact) mass is 399 g/mol. The number of methoxy groups -OCH3 is 3. The van der Waals surface area contributed by atoms with Crippen LogP contribution in [0.1, 0.15) is 6.42 Å². The van der Waals surface area contributed by atoms with Crippen LogP contribution in [0.2, 0.25) is 0 Å². The van der Waals surface area contributed by atoms with Crippen molar-refractivity contribution in [2.24, 2.45) is 5.92 Å². The molecule has 29 heavy (non-hydrogen) atoms. The molecule has 3 amide bonds. The fourth-order valence-electron chi connectivity index (χ4n) is 3.26. The number of nitrogens with zero attached hydrogens (tertiary/aromatic N) is 1. The fourth-order valence-corrected chi connectivity index (χ4v) is 3.26. The second kappa shape index (κ2) is 9.18. The molecule has 8 heteroatoms. The summed E-state index contributed by atoms with van der Waals surface area (Å²) in [5, 5.41) is 5.59. The second-order valence-electron chi connectivity index (χ2n) is 6.68. The number of rotatable bonds is 7. The van der Waals surface area contributed by atoms with Crippen molar-refractivity contribution in [3.63, 3.8) is 0 Å². The molecule has 2 N–H and O–H groups in total. The summed E-state index contributed by atoms with van der Waals surface area (Å²) in [4.78, 5) is 26.3. The van der Waals surface area contributed by atoms with Gasteiger partial charge in [-0.15, -0.1) is 0 Å². The van der Waals surface area contributed by atoms with Crippen LogP contribution in [0.25, 0.3) is 0 Å². The molecule has 1 aliphatic heterocycles. The van der Waals surface area contributed by atoms with Crippen LogP contribution >= 0.6 is 0 Å². The summed E-state index contributed by atoms with van der Waals surface area (Å²) < 4.78 is 15.6. The van der Waals surface area contributed by atoms with Crippen molar-refractivity contribution in [1.82, 2.24) is 5.32 Å². The Hall–Kier alpha value is -3.42. The third-order valence-electron chi connectivity index (χ3n) is 4.78. The number of hydrogen-bond acceptors (Lipinski definition) is 5. The van der Waals surface area contributed by atoms with E-state index in [1.54, 1.807) is 37.3 Å². The van der Waals surface area contributed by atoms with E-state index in [-0.39, 0.29) is 17.9 Å². The zero-order chi connectivity index (χ0) is 20.8. The molecule has 0 aliphatic carbocycles. The van der Waals surface area contributed by atoms with Gasteiger partial charge >= 0.3 is 6.03 Å². The van der Waals surface area contributed by atoms with Crippen LogP contribution in [-0.4, -0.2) is 46.4 Å². The van der Waals surface area contributed by atoms with Crippen LogP contribution in [0.5, 0.6) is 17.2 Å². The summed E-state index contributed by atoms with van der Waals surface area (Å²) in [5.41, 5.74) is 1.41. The van der Waals surface area contributed by atoms with E-state index in [0.29, 0.717) is 36.7 Å². The highest BCUT2D eigenvalue weighted by Gasteiger charge is 2.30. The minimum Gasteiger partial charge on any atom is -0.497 e. The second-order valence-corrected chi connectivity index (χ2v) is 6.68. The van der Waals surface area contributed by atoms with Crippen molar-refractivity contribution in [3.05, 3.63) is 42.5 Å². The van der Waals surface area contributed by atoms with Crippen molar-refractivity contribution < 1.29 is 23.8 Å². The lowest BCUT2D eigenvalue weighted by Gasteiger charge is -2.17. The van der Waals surface area contributed by atoms with Crippen LogP contribution in [-0.2, 0) is 4.79 Å². The number of anilines is 2. The summed E-state index contributed by atoms with van der Waals surface area (Å²) in [6.45, 7) is 0.958. The lowest BCUT2D eigenvalue weighted by molar-refractivity contribution is -0.117. The Balaban J connectivity index is 1.52. The number of ether oxygens (including phenoxy) is 3. The predicted octanol–water partition coefficient (Wildman–Crippen LogP) is 2.89. The molecule has 1 saturated heterocycles. The van der Waals surface area contributed by atoms with Gasteiger partial charge in [0, 0.05) is 42.9 Å². The van der Waals surface area contributed by atoms with E-state index < -0.39 is 0 Å². The molecule has 1 aliphatic rings. The number of nitrogens with one attached hydrogen (secondary N) is 2. The van der Waals surface area contributed by atoms with Crippen LogP contribution in [0.3, 0.4) is 0 Å². The van der Waals surface area contributed by atoms with E-state index in [0.717, 1.165) is 11.4 Å². The Morgan fingerprint density at radius 2 is 1.76 bits per heavy atom. The molecule has 2 aromatic rings. The van der Waals surface area contributed by atoms with Crippen molar-refractivity contribution in [2.75, 3.05) is 44.6 Å². The first-order valence-corrected chi connectivity index (χ1v) is 9.25. The number of carbonyl (C=O) groups is 2. The number of carbonyl (C=O) groups excluding carboxylic acids is 2. The third-order valence-corrected chi connectivity index (χ3v) is 4.78. The third kappa shape index (κ3) is 4.90.